The second kappa shape index (κ2) is 11.4. The van der Waals surface area contributed by atoms with Crippen molar-refractivity contribution in [3.05, 3.63) is 88.1 Å². The highest BCUT2D eigenvalue weighted by Crippen LogP contribution is 2.37. The molecule has 2 aromatic heterocycles. The lowest BCUT2D eigenvalue weighted by molar-refractivity contribution is -0.137. The zero-order chi connectivity index (χ0) is 30.2. The molecule has 5 rings (SSSR count). The van der Waals surface area contributed by atoms with E-state index in [9.17, 15) is 28.0 Å². The van der Waals surface area contributed by atoms with Gasteiger partial charge in [0.15, 0.2) is 0 Å². The zero-order valence-electron chi connectivity index (χ0n) is 23.5. The first kappa shape index (κ1) is 28.9. The standard InChI is InChI=1S/C31H31F3N6O2/c1-4-21-15-24(16-22(21)5-2)37-29(41)39-28(27-13-14-36-40(27)25-11-9-20(18-35)10-12-25)19(3)38(30(39)42)26-8-6-7-23(17-26)31(32,33)34/h6-14,17,21-22,24H,4-5,15-16H2,1-3H3,(H,37,41)/t21-,22+,24?. The second-order valence-electron chi connectivity index (χ2n) is 10.7. The van der Waals surface area contributed by atoms with Crippen molar-refractivity contribution in [1.29, 1.82) is 5.26 Å². The summed E-state index contributed by atoms with van der Waals surface area (Å²) < 4.78 is 44.4. The summed E-state index contributed by atoms with van der Waals surface area (Å²) in [6.45, 7) is 5.85. The van der Waals surface area contributed by atoms with E-state index in [1.165, 1.54) is 23.0 Å². The summed E-state index contributed by atoms with van der Waals surface area (Å²) >= 11 is 0. The molecule has 1 aliphatic rings. The molecule has 1 fully saturated rings. The molecule has 218 valence electrons. The monoisotopic (exact) mass is 576 g/mol. The molecule has 1 aliphatic carbocycles. The summed E-state index contributed by atoms with van der Waals surface area (Å²) in [6, 6.07) is 14.0. The Labute approximate surface area is 241 Å². The molecule has 3 atom stereocenters. The van der Waals surface area contributed by atoms with E-state index in [0.29, 0.717) is 28.8 Å². The van der Waals surface area contributed by atoms with Crippen molar-refractivity contribution < 1.29 is 18.0 Å². The van der Waals surface area contributed by atoms with Crippen LogP contribution in [-0.2, 0) is 6.18 Å². The number of hydrogen-bond donors (Lipinski definition) is 1. The third-order valence-electron chi connectivity index (χ3n) is 8.26. The molecule has 1 saturated carbocycles. The maximum absolute atomic E-state index is 14.0. The molecule has 1 unspecified atom stereocenters. The number of imidazole rings is 1. The fourth-order valence-electron chi connectivity index (χ4n) is 6.16. The van der Waals surface area contributed by atoms with Crippen molar-refractivity contribution in [2.45, 2.75) is 58.7 Å². The summed E-state index contributed by atoms with van der Waals surface area (Å²) in [7, 11) is 0. The predicted molar refractivity (Wildman–Crippen MR) is 152 cm³/mol. The first-order chi connectivity index (χ1) is 20.1. The number of nitrogens with one attached hydrogen (secondary N) is 1. The van der Waals surface area contributed by atoms with Crippen molar-refractivity contribution in [2.24, 2.45) is 11.8 Å². The fourth-order valence-corrected chi connectivity index (χ4v) is 6.16. The molecule has 0 aliphatic heterocycles. The molecule has 0 saturated heterocycles. The number of alkyl halides is 3. The SMILES string of the molecule is CC[C@@H]1CC(NC(=O)n2c(-c3ccnn3-c3ccc(C#N)cc3)c(C)n(-c3cccc(C(F)(F)F)c3)c2=O)C[C@@H]1CC. The van der Waals surface area contributed by atoms with E-state index in [-0.39, 0.29) is 23.1 Å². The van der Waals surface area contributed by atoms with E-state index in [1.807, 2.05) is 0 Å². The van der Waals surface area contributed by atoms with Crippen LogP contribution in [0.2, 0.25) is 0 Å². The van der Waals surface area contributed by atoms with Crippen LogP contribution in [-0.4, -0.2) is 31.0 Å². The third-order valence-corrected chi connectivity index (χ3v) is 8.26. The lowest BCUT2D eigenvalue weighted by Gasteiger charge is -2.15. The summed E-state index contributed by atoms with van der Waals surface area (Å²) in [6.07, 6.45) is 0.465. The molecule has 0 bridgehead atoms. The Morgan fingerprint density at radius 3 is 2.31 bits per heavy atom. The molecule has 0 radical (unpaired) electrons. The Hall–Kier alpha value is -4.59. The van der Waals surface area contributed by atoms with E-state index in [2.05, 4.69) is 30.3 Å². The lowest BCUT2D eigenvalue weighted by Crippen LogP contribution is -2.41. The van der Waals surface area contributed by atoms with Gasteiger partial charge in [0, 0.05) is 6.04 Å². The molecule has 11 heteroatoms. The predicted octanol–water partition coefficient (Wildman–Crippen LogP) is 6.46. The van der Waals surface area contributed by atoms with Crippen molar-refractivity contribution in [1.82, 2.24) is 24.2 Å². The van der Waals surface area contributed by atoms with E-state index in [1.54, 1.807) is 37.3 Å². The van der Waals surface area contributed by atoms with E-state index in [0.717, 1.165) is 47.0 Å². The molecule has 2 aromatic carbocycles. The van der Waals surface area contributed by atoms with Gasteiger partial charge < -0.3 is 5.32 Å². The molecule has 42 heavy (non-hydrogen) atoms. The van der Waals surface area contributed by atoms with Gasteiger partial charge in [0.05, 0.1) is 46.2 Å². The molecular formula is C31H31F3N6O2. The first-order valence-corrected chi connectivity index (χ1v) is 13.9. The molecule has 4 aromatic rings. The van der Waals surface area contributed by atoms with E-state index < -0.39 is 23.5 Å². The van der Waals surface area contributed by atoms with Gasteiger partial charge in [-0.1, -0.05) is 32.8 Å². The Morgan fingerprint density at radius 2 is 1.71 bits per heavy atom. The van der Waals surface area contributed by atoms with Crippen LogP contribution in [0.3, 0.4) is 0 Å². The topological polar surface area (TPSA) is 97.6 Å². The molecule has 0 spiro atoms. The molecular weight excluding hydrogens is 545 g/mol. The highest BCUT2D eigenvalue weighted by molar-refractivity contribution is 5.83. The maximum Gasteiger partial charge on any atom is 0.416 e. The number of rotatable bonds is 6. The molecule has 1 amide bonds. The smallest absolute Gasteiger partial charge is 0.335 e. The number of benzene rings is 2. The van der Waals surface area contributed by atoms with Gasteiger partial charge in [-0.3, -0.25) is 4.57 Å². The second-order valence-corrected chi connectivity index (χ2v) is 10.7. The van der Waals surface area contributed by atoms with Crippen LogP contribution in [0.1, 0.15) is 56.4 Å². The van der Waals surface area contributed by atoms with Gasteiger partial charge in [0.2, 0.25) is 0 Å². The van der Waals surface area contributed by atoms with Gasteiger partial charge in [-0.2, -0.15) is 23.5 Å². The fraction of sp³-hybridized carbons (Fsp3) is 0.355. The summed E-state index contributed by atoms with van der Waals surface area (Å²) in [5.41, 5.74) is 0.179. The third kappa shape index (κ3) is 5.24. The van der Waals surface area contributed by atoms with Crippen LogP contribution < -0.4 is 11.0 Å². The van der Waals surface area contributed by atoms with Gasteiger partial charge >= 0.3 is 17.9 Å². The van der Waals surface area contributed by atoms with Crippen LogP contribution >= 0.6 is 0 Å². The number of nitriles is 1. The number of nitrogens with zero attached hydrogens (tertiary/aromatic N) is 5. The van der Waals surface area contributed by atoms with Crippen LogP contribution in [0, 0.1) is 30.1 Å². The average molecular weight is 577 g/mol. The van der Waals surface area contributed by atoms with E-state index in [4.69, 9.17) is 0 Å². The largest absolute Gasteiger partial charge is 0.416 e. The maximum atomic E-state index is 14.0. The number of halogens is 3. The Balaban J connectivity index is 1.66. The van der Waals surface area contributed by atoms with Gasteiger partial charge in [0.25, 0.3) is 0 Å². The Kier molecular flexibility index (Phi) is 7.82. The van der Waals surface area contributed by atoms with E-state index >= 15 is 0 Å². The Bertz CT molecular complexity index is 1700. The normalized spacial score (nSPS) is 18.6. The van der Waals surface area contributed by atoms with Crippen LogP contribution in [0.5, 0.6) is 0 Å². The van der Waals surface area contributed by atoms with Crippen LogP contribution in [0.25, 0.3) is 22.8 Å². The van der Waals surface area contributed by atoms with Crippen molar-refractivity contribution in [2.75, 3.05) is 0 Å². The zero-order valence-corrected chi connectivity index (χ0v) is 23.5. The number of aromatic nitrogens is 4. The summed E-state index contributed by atoms with van der Waals surface area (Å²) in [4.78, 5) is 27.8. The quantitative estimate of drug-likeness (QED) is 0.285. The highest BCUT2D eigenvalue weighted by Gasteiger charge is 2.35. The van der Waals surface area contributed by atoms with Crippen molar-refractivity contribution >= 4 is 6.03 Å². The molecule has 1 N–H and O–H groups in total. The van der Waals surface area contributed by atoms with Crippen molar-refractivity contribution in [3.63, 3.8) is 0 Å². The average Bonchev–Trinajstić information content (AvgIpc) is 3.68. The van der Waals surface area contributed by atoms with Crippen LogP contribution in [0.15, 0.2) is 65.6 Å². The van der Waals surface area contributed by atoms with Gasteiger partial charge in [0.1, 0.15) is 5.69 Å². The number of carbonyl (C=O) groups is 1. The van der Waals surface area contributed by atoms with Crippen molar-refractivity contribution in [3.8, 4) is 28.8 Å². The number of hydrogen-bond acceptors (Lipinski definition) is 4. The van der Waals surface area contributed by atoms with Gasteiger partial charge in [-0.05, 0) is 80.1 Å². The minimum Gasteiger partial charge on any atom is -0.335 e. The van der Waals surface area contributed by atoms with Gasteiger partial charge in [-0.15, -0.1) is 0 Å². The minimum absolute atomic E-state index is 0.0116. The lowest BCUT2D eigenvalue weighted by atomic mass is 9.92. The summed E-state index contributed by atoms with van der Waals surface area (Å²) in [5.74, 6) is 0.927. The first-order valence-electron chi connectivity index (χ1n) is 13.9. The highest BCUT2D eigenvalue weighted by atomic mass is 19.4. The van der Waals surface area contributed by atoms with Crippen LogP contribution in [0.4, 0.5) is 18.0 Å². The molecule has 8 nitrogen and oxygen atoms in total. The summed E-state index contributed by atoms with van der Waals surface area (Å²) in [5, 5.41) is 16.6. The van der Waals surface area contributed by atoms with Gasteiger partial charge in [-0.25, -0.2) is 18.8 Å². The molecule has 2 heterocycles. The number of amides is 1. The number of carbonyl (C=O) groups excluding carboxylic acids is 1. The minimum atomic E-state index is -4.61. The Morgan fingerprint density at radius 1 is 1.05 bits per heavy atom.